The van der Waals surface area contributed by atoms with Crippen molar-refractivity contribution in [3.63, 3.8) is 0 Å². The fourth-order valence-electron chi connectivity index (χ4n) is 1.80. The summed E-state index contributed by atoms with van der Waals surface area (Å²) in [4.78, 5) is 17.3. The minimum atomic E-state index is -2.54. The number of hydrogen-bond acceptors (Lipinski definition) is 4. The lowest BCUT2D eigenvalue weighted by molar-refractivity contribution is 0.154. The van der Waals surface area contributed by atoms with Gasteiger partial charge in [0.15, 0.2) is 5.82 Å². The molecule has 5 nitrogen and oxygen atoms in total. The molecule has 1 rings (SSSR count). The van der Waals surface area contributed by atoms with Crippen LogP contribution in [0.5, 0.6) is 0 Å². The van der Waals surface area contributed by atoms with Crippen LogP contribution in [0.1, 0.15) is 13.8 Å². The van der Waals surface area contributed by atoms with Crippen molar-refractivity contribution in [3.8, 4) is 0 Å². The van der Waals surface area contributed by atoms with Crippen LogP contribution in [0.15, 0.2) is 17.2 Å². The summed E-state index contributed by atoms with van der Waals surface area (Å²) in [5.74, 6) is 0.319. The highest BCUT2D eigenvalue weighted by molar-refractivity contribution is 5.35. The number of aromatic nitrogens is 2. The van der Waals surface area contributed by atoms with Crippen LogP contribution in [-0.4, -0.2) is 35.6 Å². The molecule has 0 aliphatic rings. The Hall–Kier alpha value is -1.50. The molecule has 1 aromatic heterocycles. The SMILES string of the molecule is CC(C)Cn1ccnc(N(CCN)CC(F)F)c1=O. The summed E-state index contributed by atoms with van der Waals surface area (Å²) in [5, 5.41) is 0. The van der Waals surface area contributed by atoms with Crippen molar-refractivity contribution in [1.29, 1.82) is 0 Å². The molecule has 2 N–H and O–H groups in total. The Morgan fingerprint density at radius 1 is 1.47 bits per heavy atom. The Balaban J connectivity index is 3.05. The van der Waals surface area contributed by atoms with Crippen molar-refractivity contribution in [2.75, 3.05) is 24.5 Å². The van der Waals surface area contributed by atoms with Gasteiger partial charge >= 0.3 is 0 Å². The van der Waals surface area contributed by atoms with Crippen molar-refractivity contribution >= 4 is 5.82 Å². The summed E-state index contributed by atoms with van der Waals surface area (Å²) in [6, 6.07) is 0. The van der Waals surface area contributed by atoms with Gasteiger partial charge in [0.1, 0.15) is 0 Å². The van der Waals surface area contributed by atoms with Crippen LogP contribution < -0.4 is 16.2 Å². The van der Waals surface area contributed by atoms with Crippen molar-refractivity contribution in [2.45, 2.75) is 26.8 Å². The van der Waals surface area contributed by atoms with Gasteiger partial charge in [-0.3, -0.25) is 4.79 Å². The van der Waals surface area contributed by atoms with Gasteiger partial charge in [0.2, 0.25) is 0 Å². The van der Waals surface area contributed by atoms with Crippen LogP contribution in [-0.2, 0) is 6.54 Å². The summed E-state index contributed by atoms with van der Waals surface area (Å²) in [5.41, 5.74) is 5.03. The molecule has 0 radical (unpaired) electrons. The van der Waals surface area contributed by atoms with E-state index in [9.17, 15) is 13.6 Å². The van der Waals surface area contributed by atoms with Crippen LogP contribution in [0.3, 0.4) is 0 Å². The largest absolute Gasteiger partial charge is 0.345 e. The summed E-state index contributed by atoms with van der Waals surface area (Å²) in [7, 11) is 0. The van der Waals surface area contributed by atoms with E-state index in [0.29, 0.717) is 6.54 Å². The second-order valence-electron chi connectivity index (χ2n) is 4.73. The number of hydrogen-bond donors (Lipinski definition) is 1. The Bertz CT molecular complexity index is 448. The summed E-state index contributed by atoms with van der Waals surface area (Å²) in [6.07, 6.45) is 0.481. The standard InChI is InChI=1S/C12H20F2N4O/c1-9(2)7-18-6-4-16-11(12(18)19)17(5-3-15)8-10(13)14/h4,6,9-10H,3,5,7-8,15H2,1-2H3. The average molecular weight is 274 g/mol. The molecule has 0 saturated heterocycles. The zero-order valence-electron chi connectivity index (χ0n) is 11.2. The van der Waals surface area contributed by atoms with Crippen molar-refractivity contribution in [2.24, 2.45) is 11.7 Å². The van der Waals surface area contributed by atoms with Gasteiger partial charge in [-0.1, -0.05) is 13.8 Å². The molecule has 0 amide bonds. The van der Waals surface area contributed by atoms with Gasteiger partial charge in [-0.25, -0.2) is 13.8 Å². The average Bonchev–Trinajstić information content (AvgIpc) is 2.30. The minimum Gasteiger partial charge on any atom is -0.345 e. The zero-order valence-corrected chi connectivity index (χ0v) is 11.2. The third-order valence-electron chi connectivity index (χ3n) is 2.51. The molecule has 0 atom stereocenters. The molecule has 19 heavy (non-hydrogen) atoms. The number of rotatable bonds is 7. The first kappa shape index (κ1) is 15.6. The molecule has 0 fully saturated rings. The number of anilines is 1. The minimum absolute atomic E-state index is 0.0360. The monoisotopic (exact) mass is 274 g/mol. The molecular formula is C12H20F2N4O. The summed E-state index contributed by atoms with van der Waals surface area (Å²) in [6.45, 7) is 4.31. The normalized spacial score (nSPS) is 11.3. The first-order valence-electron chi connectivity index (χ1n) is 6.24. The number of nitrogens with zero attached hydrogens (tertiary/aromatic N) is 3. The maximum atomic E-state index is 12.5. The van der Waals surface area contributed by atoms with Gasteiger partial charge in [-0.15, -0.1) is 0 Å². The molecule has 0 unspecified atom stereocenters. The van der Waals surface area contributed by atoms with Gasteiger partial charge in [-0.2, -0.15) is 0 Å². The van der Waals surface area contributed by atoms with E-state index in [2.05, 4.69) is 4.98 Å². The van der Waals surface area contributed by atoms with Crippen LogP contribution in [0.2, 0.25) is 0 Å². The van der Waals surface area contributed by atoms with Crippen LogP contribution in [0.4, 0.5) is 14.6 Å². The Labute approximate surface area is 111 Å². The van der Waals surface area contributed by atoms with Crippen molar-refractivity contribution in [1.82, 2.24) is 9.55 Å². The third-order valence-corrected chi connectivity index (χ3v) is 2.51. The molecule has 0 saturated carbocycles. The van der Waals surface area contributed by atoms with Gasteiger partial charge < -0.3 is 15.2 Å². The van der Waals surface area contributed by atoms with Crippen LogP contribution >= 0.6 is 0 Å². The van der Waals surface area contributed by atoms with Gasteiger partial charge in [-0.05, 0) is 5.92 Å². The Morgan fingerprint density at radius 3 is 2.68 bits per heavy atom. The van der Waals surface area contributed by atoms with E-state index in [0.717, 1.165) is 0 Å². The smallest absolute Gasteiger partial charge is 0.293 e. The van der Waals surface area contributed by atoms with E-state index in [1.54, 1.807) is 6.20 Å². The van der Waals surface area contributed by atoms with E-state index >= 15 is 0 Å². The van der Waals surface area contributed by atoms with Crippen molar-refractivity contribution < 1.29 is 8.78 Å². The fourth-order valence-corrected chi connectivity index (χ4v) is 1.80. The van der Waals surface area contributed by atoms with Gasteiger partial charge in [0.25, 0.3) is 12.0 Å². The van der Waals surface area contributed by atoms with Crippen molar-refractivity contribution in [3.05, 3.63) is 22.7 Å². The molecule has 0 bridgehead atoms. The predicted octanol–water partition coefficient (Wildman–Crippen LogP) is 0.929. The topological polar surface area (TPSA) is 64.2 Å². The molecular weight excluding hydrogens is 254 g/mol. The lowest BCUT2D eigenvalue weighted by Gasteiger charge is -2.22. The molecule has 1 aromatic rings. The highest BCUT2D eigenvalue weighted by atomic mass is 19.3. The predicted molar refractivity (Wildman–Crippen MR) is 70.6 cm³/mol. The first-order chi connectivity index (χ1) is 8.95. The van der Waals surface area contributed by atoms with E-state index in [-0.39, 0.29) is 30.4 Å². The summed E-state index contributed by atoms with van der Waals surface area (Å²) >= 11 is 0. The maximum absolute atomic E-state index is 12.5. The van der Waals surface area contributed by atoms with Gasteiger partial charge in [0, 0.05) is 32.0 Å². The summed E-state index contributed by atoms with van der Waals surface area (Å²) < 4.78 is 26.5. The third kappa shape index (κ3) is 4.59. The van der Waals surface area contributed by atoms with Crippen LogP contribution in [0, 0.1) is 5.92 Å². The molecule has 0 aliphatic heterocycles. The fraction of sp³-hybridized carbons (Fsp3) is 0.667. The highest BCUT2D eigenvalue weighted by Crippen LogP contribution is 2.07. The van der Waals surface area contributed by atoms with E-state index in [4.69, 9.17) is 5.73 Å². The van der Waals surface area contributed by atoms with E-state index in [1.807, 2.05) is 13.8 Å². The highest BCUT2D eigenvalue weighted by Gasteiger charge is 2.17. The molecule has 1 heterocycles. The molecule has 0 aliphatic carbocycles. The lowest BCUT2D eigenvalue weighted by Crippen LogP contribution is -2.39. The quantitative estimate of drug-likeness (QED) is 0.803. The van der Waals surface area contributed by atoms with Gasteiger partial charge in [0.05, 0.1) is 6.54 Å². The number of alkyl halides is 2. The van der Waals surface area contributed by atoms with Crippen LogP contribution in [0.25, 0.3) is 0 Å². The second-order valence-corrected chi connectivity index (χ2v) is 4.73. The van der Waals surface area contributed by atoms with E-state index < -0.39 is 13.0 Å². The molecule has 108 valence electrons. The number of nitrogens with two attached hydrogens (primary N) is 1. The Kier molecular flexibility index (Phi) is 5.88. The molecule has 0 spiro atoms. The first-order valence-corrected chi connectivity index (χ1v) is 6.24. The molecule has 0 aromatic carbocycles. The zero-order chi connectivity index (χ0) is 14.4. The van der Waals surface area contributed by atoms with E-state index in [1.165, 1.54) is 15.7 Å². The maximum Gasteiger partial charge on any atom is 0.293 e. The number of halogens is 2. The lowest BCUT2D eigenvalue weighted by atomic mass is 10.2. The molecule has 7 heteroatoms. The second kappa shape index (κ2) is 7.18. The Morgan fingerprint density at radius 2 is 2.16 bits per heavy atom.